The lowest BCUT2D eigenvalue weighted by atomic mass is 9.98. The van der Waals surface area contributed by atoms with Crippen LogP contribution in [0.25, 0.3) is 0 Å². The van der Waals surface area contributed by atoms with Gasteiger partial charge in [0.2, 0.25) is 0 Å². The van der Waals surface area contributed by atoms with Crippen LogP contribution in [-0.4, -0.2) is 21.3 Å². The van der Waals surface area contributed by atoms with Gasteiger partial charge >= 0.3 is 0 Å². The van der Waals surface area contributed by atoms with Crippen molar-refractivity contribution in [3.05, 3.63) is 47.5 Å². The van der Waals surface area contributed by atoms with Crippen molar-refractivity contribution in [3.8, 4) is 0 Å². The molecular formula is C15H22N4. The van der Waals surface area contributed by atoms with Gasteiger partial charge in [0.1, 0.15) is 0 Å². The van der Waals surface area contributed by atoms with E-state index in [4.69, 9.17) is 0 Å². The summed E-state index contributed by atoms with van der Waals surface area (Å²) in [6.45, 7) is 8.22. The number of aryl methyl sites for hydroxylation is 2. The number of pyridine rings is 1. The molecule has 1 unspecified atom stereocenters. The Hall–Kier alpha value is -1.68. The van der Waals surface area contributed by atoms with Crippen LogP contribution in [0, 0.1) is 6.92 Å². The fourth-order valence-corrected chi connectivity index (χ4v) is 2.33. The standard InChI is InChI=1S/C15H22N4/c1-4-17-15(14-6-7-16-9-12(14)3)8-13-10-18-19(5-2)11-13/h6-7,9-11,15,17H,4-5,8H2,1-3H3. The zero-order valence-corrected chi connectivity index (χ0v) is 11.9. The lowest BCUT2D eigenvalue weighted by Crippen LogP contribution is -2.23. The van der Waals surface area contributed by atoms with Crippen molar-refractivity contribution in [3.63, 3.8) is 0 Å². The maximum Gasteiger partial charge on any atom is 0.0522 e. The van der Waals surface area contributed by atoms with Crippen molar-refractivity contribution in [2.24, 2.45) is 0 Å². The van der Waals surface area contributed by atoms with Gasteiger partial charge in [-0.05, 0) is 49.6 Å². The summed E-state index contributed by atoms with van der Waals surface area (Å²) in [5.41, 5.74) is 3.82. The van der Waals surface area contributed by atoms with Gasteiger partial charge in [0.25, 0.3) is 0 Å². The second-order valence-corrected chi connectivity index (χ2v) is 4.75. The van der Waals surface area contributed by atoms with E-state index in [9.17, 15) is 0 Å². The predicted molar refractivity (Wildman–Crippen MR) is 77.0 cm³/mol. The molecule has 0 amide bonds. The van der Waals surface area contributed by atoms with Crippen LogP contribution in [0.2, 0.25) is 0 Å². The molecule has 0 radical (unpaired) electrons. The zero-order valence-electron chi connectivity index (χ0n) is 11.9. The minimum Gasteiger partial charge on any atom is -0.310 e. The molecule has 0 aliphatic rings. The maximum atomic E-state index is 4.34. The van der Waals surface area contributed by atoms with Crippen LogP contribution in [0.3, 0.4) is 0 Å². The van der Waals surface area contributed by atoms with Gasteiger partial charge in [-0.2, -0.15) is 5.10 Å². The van der Waals surface area contributed by atoms with E-state index in [1.165, 1.54) is 16.7 Å². The molecule has 0 aromatic carbocycles. The number of nitrogens with zero attached hydrogens (tertiary/aromatic N) is 3. The van der Waals surface area contributed by atoms with E-state index >= 15 is 0 Å². The van der Waals surface area contributed by atoms with E-state index in [-0.39, 0.29) is 0 Å². The highest BCUT2D eigenvalue weighted by Crippen LogP contribution is 2.20. The molecule has 2 aromatic heterocycles. The average molecular weight is 258 g/mol. The fourth-order valence-electron chi connectivity index (χ4n) is 2.33. The Labute approximate surface area is 114 Å². The Bertz CT molecular complexity index is 518. The third-order valence-corrected chi connectivity index (χ3v) is 3.34. The van der Waals surface area contributed by atoms with Crippen LogP contribution in [0.5, 0.6) is 0 Å². The number of aromatic nitrogens is 3. The van der Waals surface area contributed by atoms with Gasteiger partial charge in [-0.3, -0.25) is 9.67 Å². The average Bonchev–Trinajstić information content (AvgIpc) is 2.87. The largest absolute Gasteiger partial charge is 0.310 e. The highest BCUT2D eigenvalue weighted by molar-refractivity contribution is 5.27. The highest BCUT2D eigenvalue weighted by Gasteiger charge is 2.14. The first-order valence-electron chi connectivity index (χ1n) is 6.89. The van der Waals surface area contributed by atoms with Crippen LogP contribution < -0.4 is 5.32 Å². The van der Waals surface area contributed by atoms with E-state index in [0.29, 0.717) is 6.04 Å². The van der Waals surface area contributed by atoms with Gasteiger partial charge in [0, 0.05) is 31.2 Å². The van der Waals surface area contributed by atoms with Gasteiger partial charge in [0.15, 0.2) is 0 Å². The molecule has 4 heteroatoms. The Morgan fingerprint density at radius 1 is 1.32 bits per heavy atom. The second-order valence-electron chi connectivity index (χ2n) is 4.75. The predicted octanol–water partition coefficient (Wildman–Crippen LogP) is 2.50. The molecule has 2 rings (SSSR count). The van der Waals surface area contributed by atoms with Gasteiger partial charge in [-0.1, -0.05) is 6.92 Å². The molecule has 4 nitrogen and oxygen atoms in total. The van der Waals surface area contributed by atoms with Gasteiger partial charge in [0.05, 0.1) is 6.20 Å². The Kier molecular flexibility index (Phi) is 4.68. The van der Waals surface area contributed by atoms with Crippen LogP contribution in [0.1, 0.15) is 36.6 Å². The van der Waals surface area contributed by atoms with Crippen molar-refractivity contribution >= 4 is 0 Å². The third-order valence-electron chi connectivity index (χ3n) is 3.34. The Morgan fingerprint density at radius 3 is 2.79 bits per heavy atom. The highest BCUT2D eigenvalue weighted by atomic mass is 15.3. The summed E-state index contributed by atoms with van der Waals surface area (Å²) in [5, 5.41) is 7.89. The molecule has 2 heterocycles. The number of rotatable bonds is 6. The Morgan fingerprint density at radius 2 is 2.16 bits per heavy atom. The molecule has 1 atom stereocenters. The summed E-state index contributed by atoms with van der Waals surface area (Å²) in [5.74, 6) is 0. The quantitative estimate of drug-likeness (QED) is 0.865. The van der Waals surface area contributed by atoms with Gasteiger partial charge in [-0.25, -0.2) is 0 Å². The summed E-state index contributed by atoms with van der Waals surface area (Å²) in [6.07, 6.45) is 8.83. The molecule has 0 aliphatic carbocycles. The van der Waals surface area contributed by atoms with E-state index in [2.05, 4.69) is 48.4 Å². The summed E-state index contributed by atoms with van der Waals surface area (Å²) < 4.78 is 1.97. The molecule has 1 N–H and O–H groups in total. The monoisotopic (exact) mass is 258 g/mol. The molecule has 0 spiro atoms. The summed E-state index contributed by atoms with van der Waals surface area (Å²) in [6, 6.07) is 2.43. The molecule has 0 saturated carbocycles. The number of hydrogen-bond donors (Lipinski definition) is 1. The molecular weight excluding hydrogens is 236 g/mol. The van der Waals surface area contributed by atoms with E-state index < -0.39 is 0 Å². The van der Waals surface area contributed by atoms with Crippen LogP contribution in [-0.2, 0) is 13.0 Å². The van der Waals surface area contributed by atoms with Crippen molar-refractivity contribution in [2.45, 2.75) is 39.8 Å². The smallest absolute Gasteiger partial charge is 0.0522 e. The molecule has 0 fully saturated rings. The van der Waals surface area contributed by atoms with E-state index in [1.807, 2.05) is 23.3 Å². The number of likely N-dealkylation sites (N-methyl/N-ethyl adjacent to an activating group) is 1. The topological polar surface area (TPSA) is 42.7 Å². The van der Waals surface area contributed by atoms with Gasteiger partial charge < -0.3 is 5.32 Å². The lowest BCUT2D eigenvalue weighted by molar-refractivity contribution is 0.546. The minimum atomic E-state index is 0.322. The first-order chi connectivity index (χ1) is 9.24. The Balaban J connectivity index is 2.18. The van der Waals surface area contributed by atoms with Crippen molar-refractivity contribution in [2.75, 3.05) is 6.54 Å². The SMILES string of the molecule is CCNC(Cc1cnn(CC)c1)c1ccncc1C. The lowest BCUT2D eigenvalue weighted by Gasteiger charge is -2.19. The third kappa shape index (κ3) is 3.41. The minimum absolute atomic E-state index is 0.322. The molecule has 0 saturated heterocycles. The molecule has 102 valence electrons. The molecule has 19 heavy (non-hydrogen) atoms. The van der Waals surface area contributed by atoms with Crippen LogP contribution in [0.15, 0.2) is 30.9 Å². The second kappa shape index (κ2) is 6.48. The maximum absolute atomic E-state index is 4.34. The van der Waals surface area contributed by atoms with Crippen molar-refractivity contribution < 1.29 is 0 Å². The fraction of sp³-hybridized carbons (Fsp3) is 0.467. The normalized spacial score (nSPS) is 12.6. The summed E-state index contributed by atoms with van der Waals surface area (Å²) >= 11 is 0. The molecule has 2 aromatic rings. The first kappa shape index (κ1) is 13.7. The van der Waals surface area contributed by atoms with Crippen LogP contribution in [0.4, 0.5) is 0 Å². The molecule has 0 aliphatic heterocycles. The first-order valence-corrected chi connectivity index (χ1v) is 6.89. The number of nitrogens with one attached hydrogen (secondary N) is 1. The van der Waals surface area contributed by atoms with E-state index in [1.54, 1.807) is 0 Å². The zero-order chi connectivity index (χ0) is 13.7. The number of hydrogen-bond acceptors (Lipinski definition) is 3. The van der Waals surface area contributed by atoms with Gasteiger partial charge in [-0.15, -0.1) is 0 Å². The van der Waals surface area contributed by atoms with Crippen molar-refractivity contribution in [1.82, 2.24) is 20.1 Å². The van der Waals surface area contributed by atoms with E-state index in [0.717, 1.165) is 19.5 Å². The molecule has 0 bridgehead atoms. The summed E-state index contributed by atoms with van der Waals surface area (Å²) in [7, 11) is 0. The van der Waals surface area contributed by atoms with Crippen molar-refractivity contribution in [1.29, 1.82) is 0 Å². The van der Waals surface area contributed by atoms with Crippen LogP contribution >= 0.6 is 0 Å². The summed E-state index contributed by atoms with van der Waals surface area (Å²) in [4.78, 5) is 4.17.